The fourth-order valence-electron chi connectivity index (χ4n) is 3.39. The Labute approximate surface area is 122 Å². The third-order valence-electron chi connectivity index (χ3n) is 4.62. The molecule has 0 radical (unpaired) electrons. The van der Waals surface area contributed by atoms with Gasteiger partial charge in [0, 0.05) is 31.7 Å². The van der Waals surface area contributed by atoms with Crippen LogP contribution in [0.25, 0.3) is 0 Å². The molecule has 1 aromatic rings. The molecule has 0 aromatic heterocycles. The zero-order chi connectivity index (χ0) is 13.8. The van der Waals surface area contributed by atoms with Crippen LogP contribution in [-0.4, -0.2) is 53.2 Å². The predicted molar refractivity (Wildman–Crippen MR) is 81.6 cm³/mol. The molecule has 3 nitrogen and oxygen atoms in total. The molecule has 3 rings (SSSR count). The summed E-state index contributed by atoms with van der Waals surface area (Å²) in [5.74, 6) is 0. The first kappa shape index (κ1) is 14.1. The molecule has 1 heterocycles. The third-order valence-corrected chi connectivity index (χ3v) is 4.62. The lowest BCUT2D eigenvalue weighted by Crippen LogP contribution is -2.42. The number of hydrogen-bond acceptors (Lipinski definition) is 3. The monoisotopic (exact) mass is 274 g/mol. The molecule has 1 saturated carbocycles. The Morgan fingerprint density at radius 2 is 1.95 bits per heavy atom. The Hall–Kier alpha value is -0.900. The fourth-order valence-corrected chi connectivity index (χ4v) is 3.39. The van der Waals surface area contributed by atoms with Crippen LogP contribution in [0.15, 0.2) is 30.3 Å². The number of likely N-dealkylation sites (tertiary alicyclic amines) is 1. The summed E-state index contributed by atoms with van der Waals surface area (Å²) in [5.41, 5.74) is 1.42. The zero-order valence-electron chi connectivity index (χ0n) is 12.2. The van der Waals surface area contributed by atoms with E-state index in [1.807, 2.05) is 0 Å². The first-order valence-electron chi connectivity index (χ1n) is 7.99. The largest absolute Gasteiger partial charge is 0.395 e. The Kier molecular flexibility index (Phi) is 4.71. The summed E-state index contributed by atoms with van der Waals surface area (Å²) in [6.07, 6.45) is 5.27. The van der Waals surface area contributed by atoms with Crippen LogP contribution in [-0.2, 0) is 6.54 Å². The maximum Gasteiger partial charge on any atom is 0.0558 e. The maximum atomic E-state index is 9.23. The highest BCUT2D eigenvalue weighted by atomic mass is 16.3. The minimum Gasteiger partial charge on any atom is -0.395 e. The molecule has 0 bridgehead atoms. The van der Waals surface area contributed by atoms with Gasteiger partial charge in [-0.15, -0.1) is 0 Å². The Balaban J connectivity index is 1.57. The molecule has 110 valence electrons. The molecule has 1 aromatic carbocycles. The molecule has 1 atom stereocenters. The van der Waals surface area contributed by atoms with E-state index >= 15 is 0 Å². The number of aliphatic hydroxyl groups excluding tert-OH is 1. The summed E-state index contributed by atoms with van der Waals surface area (Å²) >= 11 is 0. The lowest BCUT2D eigenvalue weighted by molar-refractivity contribution is 0.137. The third kappa shape index (κ3) is 3.60. The average Bonchev–Trinajstić information content (AvgIpc) is 3.23. The molecule has 1 saturated heterocycles. The predicted octanol–water partition coefficient (Wildman–Crippen LogP) is 2.11. The van der Waals surface area contributed by atoms with Gasteiger partial charge in [-0.25, -0.2) is 0 Å². The van der Waals surface area contributed by atoms with E-state index in [0.29, 0.717) is 12.6 Å². The van der Waals surface area contributed by atoms with E-state index < -0.39 is 0 Å². The highest BCUT2D eigenvalue weighted by molar-refractivity contribution is 5.14. The average molecular weight is 274 g/mol. The standard InChI is InChI=1S/C17H26N2O/c20-12-11-19(16-8-9-16)14-17-7-4-10-18(17)13-15-5-2-1-3-6-15/h1-3,5-6,16-17,20H,4,7-14H2/t17-/m0/s1. The smallest absolute Gasteiger partial charge is 0.0558 e. The van der Waals surface area contributed by atoms with E-state index in [9.17, 15) is 5.11 Å². The van der Waals surface area contributed by atoms with E-state index in [4.69, 9.17) is 0 Å². The molecule has 2 aliphatic rings. The summed E-state index contributed by atoms with van der Waals surface area (Å²) in [4.78, 5) is 5.13. The zero-order valence-corrected chi connectivity index (χ0v) is 12.2. The second-order valence-electron chi connectivity index (χ2n) is 6.20. The van der Waals surface area contributed by atoms with Gasteiger partial charge in [0.05, 0.1) is 6.61 Å². The van der Waals surface area contributed by atoms with E-state index in [0.717, 1.165) is 25.7 Å². The maximum absolute atomic E-state index is 9.23. The number of nitrogens with zero attached hydrogens (tertiary/aromatic N) is 2. The van der Waals surface area contributed by atoms with Gasteiger partial charge in [0.1, 0.15) is 0 Å². The topological polar surface area (TPSA) is 26.7 Å². The van der Waals surface area contributed by atoms with Crippen LogP contribution < -0.4 is 0 Å². The van der Waals surface area contributed by atoms with Crippen LogP contribution in [0.1, 0.15) is 31.2 Å². The first-order chi connectivity index (χ1) is 9.86. The van der Waals surface area contributed by atoms with Gasteiger partial charge < -0.3 is 5.11 Å². The molecule has 3 heteroatoms. The van der Waals surface area contributed by atoms with Gasteiger partial charge in [0.2, 0.25) is 0 Å². The molecular weight excluding hydrogens is 248 g/mol. The summed E-state index contributed by atoms with van der Waals surface area (Å²) < 4.78 is 0. The van der Waals surface area contributed by atoms with Gasteiger partial charge in [0.15, 0.2) is 0 Å². The number of aliphatic hydroxyl groups is 1. The van der Waals surface area contributed by atoms with E-state index in [1.165, 1.54) is 37.8 Å². The SMILES string of the molecule is OCCN(C[C@@H]1CCCN1Cc1ccccc1)C1CC1. The summed E-state index contributed by atoms with van der Waals surface area (Å²) in [7, 11) is 0. The Bertz CT molecular complexity index is 405. The van der Waals surface area contributed by atoms with E-state index in [-0.39, 0.29) is 0 Å². The lowest BCUT2D eigenvalue weighted by Gasteiger charge is -2.30. The second-order valence-corrected chi connectivity index (χ2v) is 6.20. The normalized spacial score (nSPS) is 23.6. The number of rotatable bonds is 7. The summed E-state index contributed by atoms with van der Waals surface area (Å²) in [6.45, 7) is 4.57. The first-order valence-corrected chi connectivity index (χ1v) is 7.99. The number of hydrogen-bond donors (Lipinski definition) is 1. The molecule has 1 aliphatic heterocycles. The van der Waals surface area contributed by atoms with Gasteiger partial charge in [-0.05, 0) is 37.8 Å². The van der Waals surface area contributed by atoms with Crippen LogP contribution in [0.4, 0.5) is 0 Å². The van der Waals surface area contributed by atoms with Crippen molar-refractivity contribution in [3.63, 3.8) is 0 Å². The summed E-state index contributed by atoms with van der Waals surface area (Å²) in [6, 6.07) is 12.2. The van der Waals surface area contributed by atoms with Crippen molar-refractivity contribution in [1.82, 2.24) is 9.80 Å². The van der Waals surface area contributed by atoms with E-state index in [2.05, 4.69) is 40.1 Å². The molecule has 0 amide bonds. The molecular formula is C17H26N2O. The summed E-state index contributed by atoms with van der Waals surface area (Å²) in [5, 5.41) is 9.23. The molecule has 0 unspecified atom stereocenters. The Morgan fingerprint density at radius 3 is 2.65 bits per heavy atom. The van der Waals surface area contributed by atoms with Gasteiger partial charge in [-0.2, -0.15) is 0 Å². The lowest BCUT2D eigenvalue weighted by atomic mass is 10.1. The minimum absolute atomic E-state index is 0.294. The molecule has 1 N–H and O–H groups in total. The second kappa shape index (κ2) is 6.70. The van der Waals surface area contributed by atoms with Gasteiger partial charge in [-0.1, -0.05) is 30.3 Å². The molecule has 2 fully saturated rings. The van der Waals surface area contributed by atoms with E-state index in [1.54, 1.807) is 0 Å². The number of benzene rings is 1. The highest BCUT2D eigenvalue weighted by Gasteiger charge is 2.33. The molecule has 1 aliphatic carbocycles. The molecule has 0 spiro atoms. The van der Waals surface area contributed by atoms with Gasteiger partial charge >= 0.3 is 0 Å². The van der Waals surface area contributed by atoms with Crippen molar-refractivity contribution < 1.29 is 5.11 Å². The van der Waals surface area contributed by atoms with Crippen molar-refractivity contribution in [2.45, 2.75) is 44.3 Å². The Morgan fingerprint density at radius 1 is 1.15 bits per heavy atom. The van der Waals surface area contributed by atoms with Gasteiger partial charge in [0.25, 0.3) is 0 Å². The van der Waals surface area contributed by atoms with Crippen LogP contribution in [0, 0.1) is 0 Å². The van der Waals surface area contributed by atoms with Crippen molar-refractivity contribution in [1.29, 1.82) is 0 Å². The van der Waals surface area contributed by atoms with Crippen molar-refractivity contribution in [3.05, 3.63) is 35.9 Å². The fraction of sp³-hybridized carbons (Fsp3) is 0.647. The minimum atomic E-state index is 0.294. The van der Waals surface area contributed by atoms with Crippen molar-refractivity contribution in [2.75, 3.05) is 26.2 Å². The van der Waals surface area contributed by atoms with Crippen molar-refractivity contribution in [3.8, 4) is 0 Å². The van der Waals surface area contributed by atoms with Crippen molar-refractivity contribution in [2.24, 2.45) is 0 Å². The molecule has 20 heavy (non-hydrogen) atoms. The van der Waals surface area contributed by atoms with Crippen LogP contribution in [0.3, 0.4) is 0 Å². The quantitative estimate of drug-likeness (QED) is 0.825. The van der Waals surface area contributed by atoms with Gasteiger partial charge in [-0.3, -0.25) is 9.80 Å². The van der Waals surface area contributed by atoms with Crippen LogP contribution in [0.2, 0.25) is 0 Å². The highest BCUT2D eigenvalue weighted by Crippen LogP contribution is 2.29. The van der Waals surface area contributed by atoms with Crippen molar-refractivity contribution >= 4 is 0 Å². The van der Waals surface area contributed by atoms with Crippen LogP contribution >= 0.6 is 0 Å². The van der Waals surface area contributed by atoms with Crippen LogP contribution in [0.5, 0.6) is 0 Å².